The van der Waals surface area contributed by atoms with Gasteiger partial charge in [-0.15, -0.1) is 5.06 Å². The van der Waals surface area contributed by atoms with Gasteiger partial charge >= 0.3 is 5.97 Å². The molecule has 3 rings (SSSR count). The molecule has 2 fully saturated rings. The van der Waals surface area contributed by atoms with Crippen LogP contribution < -0.4 is 0 Å². The van der Waals surface area contributed by atoms with E-state index in [1.165, 1.54) is 24.8 Å². The summed E-state index contributed by atoms with van der Waals surface area (Å²) in [6, 6.07) is 10.5. The summed E-state index contributed by atoms with van der Waals surface area (Å²) in [5.74, 6) is 0.586. The maximum atomic E-state index is 11.4. The first kappa shape index (κ1) is 10.8. The Morgan fingerprint density at radius 2 is 2.00 bits per heavy atom. The van der Waals surface area contributed by atoms with E-state index in [2.05, 4.69) is 12.1 Å². The molecular weight excluding hydrogens is 214 g/mol. The highest BCUT2D eigenvalue weighted by Gasteiger charge is 2.40. The van der Waals surface area contributed by atoms with Gasteiger partial charge in [0.15, 0.2) is 0 Å². The zero-order valence-corrected chi connectivity index (χ0v) is 9.84. The topological polar surface area (TPSA) is 29.5 Å². The predicted molar refractivity (Wildman–Crippen MR) is 63.8 cm³/mol. The number of nitrogens with zero attached hydrogens (tertiary/aromatic N) is 1. The van der Waals surface area contributed by atoms with Crippen molar-refractivity contribution in [3.8, 4) is 0 Å². The zero-order chi connectivity index (χ0) is 11.7. The Bertz CT molecular complexity index is 400. The van der Waals surface area contributed by atoms with E-state index in [9.17, 15) is 4.79 Å². The number of carbonyl (C=O) groups is 1. The molecule has 1 aliphatic carbocycles. The molecule has 0 bridgehead atoms. The van der Waals surface area contributed by atoms with Crippen molar-refractivity contribution in [3.05, 3.63) is 35.9 Å². The Labute approximate surface area is 101 Å². The first-order chi connectivity index (χ1) is 8.33. The van der Waals surface area contributed by atoms with Gasteiger partial charge in [0.05, 0.1) is 19.0 Å². The molecule has 1 aromatic carbocycles. The molecule has 1 saturated carbocycles. The van der Waals surface area contributed by atoms with Crippen LogP contribution in [0.5, 0.6) is 0 Å². The largest absolute Gasteiger partial charge is 0.367 e. The molecule has 1 heterocycles. The third-order valence-electron chi connectivity index (χ3n) is 3.84. The van der Waals surface area contributed by atoms with Crippen molar-refractivity contribution in [1.29, 1.82) is 0 Å². The Hall–Kier alpha value is -1.35. The maximum absolute atomic E-state index is 11.4. The smallest absolute Gasteiger partial charge is 0.326 e. The van der Waals surface area contributed by atoms with Crippen molar-refractivity contribution in [3.63, 3.8) is 0 Å². The van der Waals surface area contributed by atoms with Crippen molar-refractivity contribution < 1.29 is 9.63 Å². The van der Waals surface area contributed by atoms with Crippen LogP contribution in [0.15, 0.2) is 30.3 Å². The monoisotopic (exact) mass is 231 g/mol. The second-order valence-corrected chi connectivity index (χ2v) is 4.99. The average Bonchev–Trinajstić information content (AvgIpc) is 2.59. The van der Waals surface area contributed by atoms with Gasteiger partial charge < -0.3 is 4.84 Å². The molecule has 0 radical (unpaired) electrons. The third kappa shape index (κ3) is 2.20. The normalized spacial score (nSPS) is 25.6. The van der Waals surface area contributed by atoms with Crippen LogP contribution in [0.2, 0.25) is 0 Å². The molecule has 1 saturated heterocycles. The number of benzene rings is 1. The molecule has 1 aliphatic heterocycles. The van der Waals surface area contributed by atoms with E-state index in [-0.39, 0.29) is 5.97 Å². The van der Waals surface area contributed by atoms with Gasteiger partial charge in [0.25, 0.3) is 0 Å². The molecule has 3 nitrogen and oxygen atoms in total. The Morgan fingerprint density at radius 3 is 2.65 bits per heavy atom. The fourth-order valence-electron chi connectivity index (χ4n) is 2.65. The standard InChI is InChI=1S/C14H17NO2/c16-14-9-13(12-7-4-8-12)15(17-14)10-11-5-2-1-3-6-11/h1-3,5-6,12-13H,4,7-10H2. The minimum atomic E-state index is -0.0715. The number of hydroxylamine groups is 2. The molecule has 1 unspecified atom stereocenters. The zero-order valence-electron chi connectivity index (χ0n) is 9.84. The summed E-state index contributed by atoms with van der Waals surface area (Å²) in [5.41, 5.74) is 1.20. The fourth-order valence-corrected chi connectivity index (χ4v) is 2.65. The van der Waals surface area contributed by atoms with Crippen molar-refractivity contribution in [2.75, 3.05) is 0 Å². The van der Waals surface area contributed by atoms with Crippen LogP contribution in [0.1, 0.15) is 31.2 Å². The van der Waals surface area contributed by atoms with Gasteiger partial charge in [0.2, 0.25) is 0 Å². The quantitative estimate of drug-likeness (QED) is 0.800. The van der Waals surface area contributed by atoms with Crippen LogP contribution in [0, 0.1) is 5.92 Å². The highest BCUT2D eigenvalue weighted by Crippen LogP contribution is 2.37. The maximum Gasteiger partial charge on any atom is 0.326 e. The van der Waals surface area contributed by atoms with Crippen LogP contribution in [0.3, 0.4) is 0 Å². The minimum absolute atomic E-state index is 0.0715. The summed E-state index contributed by atoms with van der Waals surface area (Å²) in [7, 11) is 0. The molecule has 1 atom stereocenters. The van der Waals surface area contributed by atoms with Gasteiger partial charge in [-0.05, 0) is 24.3 Å². The molecule has 0 aromatic heterocycles. The summed E-state index contributed by atoms with van der Waals surface area (Å²) in [6.07, 6.45) is 4.35. The number of hydrogen-bond donors (Lipinski definition) is 0. The Morgan fingerprint density at radius 1 is 1.24 bits per heavy atom. The molecule has 2 aliphatic rings. The number of carbonyl (C=O) groups excluding carboxylic acids is 1. The van der Waals surface area contributed by atoms with E-state index in [1.54, 1.807) is 0 Å². The van der Waals surface area contributed by atoms with E-state index in [1.807, 2.05) is 23.3 Å². The van der Waals surface area contributed by atoms with Gasteiger partial charge in [-0.1, -0.05) is 36.8 Å². The lowest BCUT2D eigenvalue weighted by Crippen LogP contribution is -2.37. The second kappa shape index (κ2) is 4.49. The summed E-state index contributed by atoms with van der Waals surface area (Å²) in [6.45, 7) is 0.716. The first-order valence-electron chi connectivity index (χ1n) is 6.34. The van der Waals surface area contributed by atoms with E-state index in [4.69, 9.17) is 4.84 Å². The lowest BCUT2D eigenvalue weighted by molar-refractivity contribution is -0.182. The van der Waals surface area contributed by atoms with Gasteiger partial charge in [0.1, 0.15) is 0 Å². The first-order valence-corrected chi connectivity index (χ1v) is 6.34. The predicted octanol–water partition coefficient (Wildman–Crippen LogP) is 2.52. The van der Waals surface area contributed by atoms with Gasteiger partial charge in [-0.25, -0.2) is 0 Å². The minimum Gasteiger partial charge on any atom is -0.367 e. The van der Waals surface area contributed by atoms with Crippen LogP contribution in [-0.4, -0.2) is 17.1 Å². The second-order valence-electron chi connectivity index (χ2n) is 4.99. The number of rotatable bonds is 3. The van der Waals surface area contributed by atoms with Crippen LogP contribution in [-0.2, 0) is 16.2 Å². The molecule has 1 aromatic rings. The molecular formula is C14H17NO2. The van der Waals surface area contributed by atoms with E-state index in [0.29, 0.717) is 24.9 Å². The van der Waals surface area contributed by atoms with E-state index in [0.717, 1.165) is 0 Å². The Balaban J connectivity index is 1.70. The van der Waals surface area contributed by atoms with E-state index < -0.39 is 0 Å². The van der Waals surface area contributed by atoms with Crippen LogP contribution >= 0.6 is 0 Å². The van der Waals surface area contributed by atoms with Gasteiger partial charge in [-0.2, -0.15) is 0 Å². The fraction of sp³-hybridized carbons (Fsp3) is 0.500. The molecule has 90 valence electrons. The summed E-state index contributed by atoms with van der Waals surface area (Å²) < 4.78 is 0. The van der Waals surface area contributed by atoms with Crippen molar-refractivity contribution in [1.82, 2.24) is 5.06 Å². The van der Waals surface area contributed by atoms with Crippen LogP contribution in [0.25, 0.3) is 0 Å². The van der Waals surface area contributed by atoms with Gasteiger partial charge in [0, 0.05) is 0 Å². The molecule has 0 amide bonds. The molecule has 0 spiro atoms. The van der Waals surface area contributed by atoms with Crippen molar-refractivity contribution >= 4 is 5.97 Å². The highest BCUT2D eigenvalue weighted by molar-refractivity contribution is 5.71. The Kier molecular flexibility index (Phi) is 2.85. The SMILES string of the molecule is O=C1CC(C2CCC2)N(Cc2ccccc2)O1. The lowest BCUT2D eigenvalue weighted by atomic mass is 9.78. The lowest BCUT2D eigenvalue weighted by Gasteiger charge is -2.34. The average molecular weight is 231 g/mol. The van der Waals surface area contributed by atoms with E-state index >= 15 is 0 Å². The molecule has 17 heavy (non-hydrogen) atoms. The molecule has 3 heteroatoms. The highest BCUT2D eigenvalue weighted by atomic mass is 16.7. The summed E-state index contributed by atoms with van der Waals surface area (Å²) >= 11 is 0. The third-order valence-corrected chi connectivity index (χ3v) is 3.84. The van der Waals surface area contributed by atoms with Gasteiger partial charge in [-0.3, -0.25) is 4.79 Å². The summed E-state index contributed by atoms with van der Waals surface area (Å²) in [4.78, 5) is 16.8. The number of hydrogen-bond acceptors (Lipinski definition) is 3. The summed E-state index contributed by atoms with van der Waals surface area (Å²) in [5, 5.41) is 1.89. The van der Waals surface area contributed by atoms with Crippen LogP contribution in [0.4, 0.5) is 0 Å². The molecule has 0 N–H and O–H groups in total. The van der Waals surface area contributed by atoms with Crippen molar-refractivity contribution in [2.45, 2.75) is 38.3 Å². The van der Waals surface area contributed by atoms with Crippen molar-refractivity contribution in [2.24, 2.45) is 5.92 Å².